The summed E-state index contributed by atoms with van der Waals surface area (Å²) in [5, 5.41) is 12.6. The van der Waals surface area contributed by atoms with E-state index in [-0.39, 0.29) is 17.9 Å². The van der Waals surface area contributed by atoms with Gasteiger partial charge in [0.15, 0.2) is 0 Å². The maximum absolute atomic E-state index is 12.3. The van der Waals surface area contributed by atoms with Crippen molar-refractivity contribution >= 4 is 33.4 Å². The number of nitrogens with zero attached hydrogens (tertiary/aromatic N) is 4. The van der Waals surface area contributed by atoms with Gasteiger partial charge in [0, 0.05) is 33.2 Å². The van der Waals surface area contributed by atoms with Crippen LogP contribution >= 0.6 is 11.3 Å². The summed E-state index contributed by atoms with van der Waals surface area (Å²) in [5.74, 6) is 0.0940. The molecule has 2 aliphatic heterocycles. The van der Waals surface area contributed by atoms with Crippen LogP contribution in [0, 0.1) is 0 Å². The van der Waals surface area contributed by atoms with Gasteiger partial charge in [0.25, 0.3) is 0 Å². The van der Waals surface area contributed by atoms with Crippen LogP contribution < -0.4 is 15.1 Å². The third-order valence-electron chi connectivity index (χ3n) is 4.11. The third-order valence-corrected chi connectivity index (χ3v) is 5.10. The minimum atomic E-state index is -0.220. The Balaban J connectivity index is 1.67. The highest BCUT2D eigenvalue weighted by Gasteiger charge is 2.34. The molecule has 8 nitrogen and oxygen atoms in total. The predicted molar refractivity (Wildman–Crippen MR) is 86.7 cm³/mol. The lowest BCUT2D eigenvalue weighted by atomic mass is 10.2. The Kier molecular flexibility index (Phi) is 5.06. The van der Waals surface area contributed by atoms with Crippen LogP contribution in [0.1, 0.15) is 25.7 Å². The number of ether oxygens (including phenoxy) is 1. The predicted octanol–water partition coefficient (Wildman–Crippen LogP) is 0.396. The Labute approximate surface area is 138 Å². The molecule has 2 fully saturated rings. The summed E-state index contributed by atoms with van der Waals surface area (Å²) >= 11 is 1.38. The van der Waals surface area contributed by atoms with Crippen LogP contribution in [0.4, 0.5) is 10.3 Å². The van der Waals surface area contributed by atoms with Crippen LogP contribution in [-0.2, 0) is 14.3 Å². The molecule has 0 bridgehead atoms. The lowest BCUT2D eigenvalue weighted by molar-refractivity contribution is -0.122. The van der Waals surface area contributed by atoms with Crippen molar-refractivity contribution < 1.29 is 14.3 Å². The van der Waals surface area contributed by atoms with E-state index in [9.17, 15) is 9.59 Å². The second-order valence-electron chi connectivity index (χ2n) is 5.65. The molecule has 1 aromatic heterocycles. The summed E-state index contributed by atoms with van der Waals surface area (Å²) in [6.07, 6.45) is 3.18. The fraction of sp³-hybridized carbons (Fsp3) is 0.714. The van der Waals surface area contributed by atoms with Crippen LogP contribution in [0.25, 0.3) is 0 Å². The van der Waals surface area contributed by atoms with Gasteiger partial charge in [0.05, 0.1) is 6.61 Å². The number of carbonyl (C=O) groups excluding carboxylic acids is 2. The fourth-order valence-electron chi connectivity index (χ4n) is 2.95. The molecule has 9 heteroatoms. The second-order valence-corrected chi connectivity index (χ2v) is 6.59. The SMILES string of the molecule is COCCNC(=O)C1CCCN1c1nnc(N2CCCC2=O)s1. The van der Waals surface area contributed by atoms with Gasteiger partial charge in [0.2, 0.25) is 22.1 Å². The van der Waals surface area contributed by atoms with E-state index in [4.69, 9.17) is 4.74 Å². The van der Waals surface area contributed by atoms with Crippen molar-refractivity contribution in [2.24, 2.45) is 0 Å². The zero-order chi connectivity index (χ0) is 16.2. The molecule has 1 N–H and O–H groups in total. The summed E-state index contributed by atoms with van der Waals surface area (Å²) in [7, 11) is 1.61. The first kappa shape index (κ1) is 16.1. The molecule has 2 amide bonds. The highest BCUT2D eigenvalue weighted by molar-refractivity contribution is 7.19. The van der Waals surface area contributed by atoms with Gasteiger partial charge in [-0.25, -0.2) is 0 Å². The average molecular weight is 339 g/mol. The van der Waals surface area contributed by atoms with Gasteiger partial charge >= 0.3 is 0 Å². The molecule has 2 aliphatic rings. The molecule has 0 aromatic carbocycles. The number of nitrogens with one attached hydrogen (secondary N) is 1. The lowest BCUT2D eigenvalue weighted by Gasteiger charge is -2.22. The Morgan fingerprint density at radius 3 is 2.91 bits per heavy atom. The summed E-state index contributed by atoms with van der Waals surface area (Å²) in [6.45, 7) is 2.49. The molecule has 0 radical (unpaired) electrons. The number of rotatable bonds is 6. The molecular formula is C14H21N5O3S. The van der Waals surface area contributed by atoms with Gasteiger partial charge < -0.3 is 15.0 Å². The molecule has 2 saturated heterocycles. The van der Waals surface area contributed by atoms with Gasteiger partial charge in [-0.3, -0.25) is 14.5 Å². The second kappa shape index (κ2) is 7.22. The topological polar surface area (TPSA) is 87.7 Å². The van der Waals surface area contributed by atoms with E-state index >= 15 is 0 Å². The van der Waals surface area contributed by atoms with Crippen molar-refractivity contribution in [2.75, 3.05) is 43.2 Å². The van der Waals surface area contributed by atoms with Crippen molar-refractivity contribution in [2.45, 2.75) is 31.7 Å². The first-order valence-corrected chi connectivity index (χ1v) is 8.69. The van der Waals surface area contributed by atoms with Gasteiger partial charge in [-0.15, -0.1) is 10.2 Å². The molecule has 0 spiro atoms. The Morgan fingerprint density at radius 1 is 1.35 bits per heavy atom. The Morgan fingerprint density at radius 2 is 2.17 bits per heavy atom. The zero-order valence-corrected chi connectivity index (χ0v) is 14.0. The monoisotopic (exact) mass is 339 g/mol. The van der Waals surface area contributed by atoms with Crippen molar-refractivity contribution in [1.29, 1.82) is 0 Å². The van der Waals surface area contributed by atoms with Crippen molar-refractivity contribution in [3.8, 4) is 0 Å². The van der Waals surface area contributed by atoms with Crippen molar-refractivity contribution in [3.05, 3.63) is 0 Å². The van der Waals surface area contributed by atoms with E-state index in [0.717, 1.165) is 25.8 Å². The molecule has 1 aromatic rings. The van der Waals surface area contributed by atoms with Gasteiger partial charge in [-0.2, -0.15) is 0 Å². The molecule has 1 unspecified atom stereocenters. The number of carbonyl (C=O) groups is 2. The van der Waals surface area contributed by atoms with Crippen LogP contribution in [0.3, 0.4) is 0 Å². The standard InChI is InChI=1S/C14H21N5O3S/c1-22-9-6-15-12(21)10-4-2-7-18(10)13-16-17-14(23-13)19-8-3-5-11(19)20/h10H,2-9H2,1H3,(H,15,21). The largest absolute Gasteiger partial charge is 0.383 e. The minimum Gasteiger partial charge on any atom is -0.383 e. The smallest absolute Gasteiger partial charge is 0.242 e. The van der Waals surface area contributed by atoms with E-state index in [1.807, 2.05) is 4.90 Å². The first-order valence-electron chi connectivity index (χ1n) is 7.88. The number of amides is 2. The maximum Gasteiger partial charge on any atom is 0.242 e. The summed E-state index contributed by atoms with van der Waals surface area (Å²) in [6, 6.07) is -0.220. The number of hydrogen-bond donors (Lipinski definition) is 1. The van der Waals surface area contributed by atoms with Crippen LogP contribution in [0.15, 0.2) is 0 Å². The van der Waals surface area contributed by atoms with E-state index in [1.165, 1.54) is 11.3 Å². The number of hydrogen-bond acceptors (Lipinski definition) is 7. The van der Waals surface area contributed by atoms with E-state index < -0.39 is 0 Å². The number of anilines is 2. The number of aromatic nitrogens is 2. The van der Waals surface area contributed by atoms with Crippen LogP contribution in [-0.4, -0.2) is 61.4 Å². The third kappa shape index (κ3) is 3.45. The number of methoxy groups -OCH3 is 1. The fourth-order valence-corrected chi connectivity index (χ4v) is 3.91. The molecule has 0 saturated carbocycles. The van der Waals surface area contributed by atoms with Gasteiger partial charge in [-0.05, 0) is 19.3 Å². The quantitative estimate of drug-likeness (QED) is 0.755. The molecular weight excluding hydrogens is 318 g/mol. The highest BCUT2D eigenvalue weighted by Crippen LogP contribution is 2.33. The molecule has 23 heavy (non-hydrogen) atoms. The van der Waals surface area contributed by atoms with Crippen LogP contribution in [0.2, 0.25) is 0 Å². The average Bonchev–Trinajstić information content (AvgIpc) is 3.26. The minimum absolute atomic E-state index is 0.00597. The van der Waals surface area contributed by atoms with Gasteiger partial charge in [0.1, 0.15) is 6.04 Å². The Hall–Kier alpha value is -1.74. The highest BCUT2D eigenvalue weighted by atomic mass is 32.1. The maximum atomic E-state index is 12.3. The molecule has 3 heterocycles. The van der Waals surface area contributed by atoms with E-state index in [0.29, 0.717) is 36.4 Å². The molecule has 3 rings (SSSR count). The normalized spacial score (nSPS) is 21.3. The van der Waals surface area contributed by atoms with E-state index in [2.05, 4.69) is 15.5 Å². The van der Waals surface area contributed by atoms with Crippen LogP contribution in [0.5, 0.6) is 0 Å². The molecule has 0 aliphatic carbocycles. The van der Waals surface area contributed by atoms with Gasteiger partial charge in [-0.1, -0.05) is 11.3 Å². The van der Waals surface area contributed by atoms with Crippen molar-refractivity contribution in [3.63, 3.8) is 0 Å². The summed E-state index contributed by atoms with van der Waals surface area (Å²) in [5.41, 5.74) is 0. The van der Waals surface area contributed by atoms with E-state index in [1.54, 1.807) is 12.0 Å². The molecule has 1 atom stereocenters. The first-order chi connectivity index (χ1) is 11.2. The van der Waals surface area contributed by atoms with Crippen molar-refractivity contribution in [1.82, 2.24) is 15.5 Å². The summed E-state index contributed by atoms with van der Waals surface area (Å²) in [4.78, 5) is 27.8. The zero-order valence-electron chi connectivity index (χ0n) is 13.2. The molecule has 126 valence electrons. The Bertz CT molecular complexity index is 579. The summed E-state index contributed by atoms with van der Waals surface area (Å²) < 4.78 is 4.95. The lowest BCUT2D eigenvalue weighted by Crippen LogP contribution is -2.44.